The molecule has 1 aliphatic rings. The van der Waals surface area contributed by atoms with Gasteiger partial charge in [0.1, 0.15) is 12.2 Å². The van der Waals surface area contributed by atoms with Crippen LogP contribution in [-0.4, -0.2) is 25.8 Å². The minimum atomic E-state index is -3.87. The molecule has 0 radical (unpaired) electrons. The zero-order chi connectivity index (χ0) is 19.2. The van der Waals surface area contributed by atoms with Crippen LogP contribution < -0.4 is 9.62 Å². The van der Waals surface area contributed by atoms with Crippen LogP contribution >= 0.6 is 0 Å². The van der Waals surface area contributed by atoms with E-state index in [0.29, 0.717) is 11.1 Å². The summed E-state index contributed by atoms with van der Waals surface area (Å²) < 4.78 is 26.8. The van der Waals surface area contributed by atoms with Crippen LogP contribution in [0.1, 0.15) is 0 Å². The summed E-state index contributed by atoms with van der Waals surface area (Å²) in [6.07, 6.45) is 0. The monoisotopic (exact) mass is 383 g/mol. The molecule has 136 valence electrons. The average Bonchev–Trinajstić information content (AvgIpc) is 2.85. The standard InChI is InChI=1S/C18H13N3O5S/c22-17(19-13-7-1-2-8-14(13)21(23)24)11-20-15-9-3-5-12-6-4-10-16(18(12)15)27(20,25)26/h1-10H,11H2,(H,19,22). The van der Waals surface area contributed by atoms with Gasteiger partial charge in [-0.15, -0.1) is 0 Å². The quantitative estimate of drug-likeness (QED) is 0.550. The summed E-state index contributed by atoms with van der Waals surface area (Å²) in [7, 11) is -3.87. The molecule has 8 nitrogen and oxygen atoms in total. The molecule has 0 saturated heterocycles. The Bertz CT molecular complexity index is 1200. The molecule has 0 unspecified atom stereocenters. The van der Waals surface area contributed by atoms with Gasteiger partial charge >= 0.3 is 0 Å². The normalized spacial score (nSPS) is 14.3. The number of nitro benzene ring substituents is 1. The first-order valence-electron chi connectivity index (χ1n) is 7.97. The molecular weight excluding hydrogens is 370 g/mol. The SMILES string of the molecule is O=C(CN1c2cccc3cccc(c23)S1(=O)=O)Nc1ccccc1[N+](=O)[O-]. The van der Waals surface area contributed by atoms with Crippen LogP contribution in [0, 0.1) is 10.1 Å². The number of sulfonamides is 1. The molecule has 0 aliphatic carbocycles. The summed E-state index contributed by atoms with van der Waals surface area (Å²) in [5.41, 5.74) is 0.168. The molecule has 1 N–H and O–H groups in total. The average molecular weight is 383 g/mol. The van der Waals surface area contributed by atoms with E-state index < -0.39 is 27.4 Å². The van der Waals surface area contributed by atoms with Crippen LogP contribution in [0.4, 0.5) is 17.1 Å². The van der Waals surface area contributed by atoms with Gasteiger partial charge in [0.15, 0.2) is 0 Å². The fourth-order valence-electron chi connectivity index (χ4n) is 3.19. The molecule has 0 spiro atoms. The number of carbonyl (C=O) groups is 1. The van der Waals surface area contributed by atoms with Crippen LogP contribution in [0.15, 0.2) is 65.6 Å². The van der Waals surface area contributed by atoms with Crippen molar-refractivity contribution >= 4 is 43.8 Å². The van der Waals surface area contributed by atoms with E-state index in [1.807, 2.05) is 0 Å². The lowest BCUT2D eigenvalue weighted by Crippen LogP contribution is -2.35. The fraction of sp³-hybridized carbons (Fsp3) is 0.0556. The van der Waals surface area contributed by atoms with E-state index in [4.69, 9.17) is 0 Å². The maximum Gasteiger partial charge on any atom is 0.292 e. The molecule has 1 aliphatic heterocycles. The highest BCUT2D eigenvalue weighted by Crippen LogP contribution is 2.41. The van der Waals surface area contributed by atoms with Crippen molar-refractivity contribution in [3.63, 3.8) is 0 Å². The van der Waals surface area contributed by atoms with E-state index in [-0.39, 0.29) is 16.3 Å². The molecule has 3 aromatic carbocycles. The second-order valence-corrected chi connectivity index (χ2v) is 7.80. The number of hydrogen-bond donors (Lipinski definition) is 1. The Morgan fingerprint density at radius 2 is 1.74 bits per heavy atom. The van der Waals surface area contributed by atoms with Crippen molar-refractivity contribution in [1.29, 1.82) is 0 Å². The molecule has 0 atom stereocenters. The zero-order valence-corrected chi connectivity index (χ0v) is 14.6. The molecule has 0 aromatic heterocycles. The predicted molar refractivity (Wildman–Crippen MR) is 100 cm³/mol. The molecule has 1 amide bonds. The summed E-state index contributed by atoms with van der Waals surface area (Å²) in [5, 5.41) is 14.8. The van der Waals surface area contributed by atoms with E-state index in [1.165, 1.54) is 24.3 Å². The minimum absolute atomic E-state index is 0.0137. The number of para-hydroxylation sites is 2. The van der Waals surface area contributed by atoms with Crippen molar-refractivity contribution in [2.45, 2.75) is 4.90 Å². The van der Waals surface area contributed by atoms with E-state index in [9.17, 15) is 23.3 Å². The molecule has 0 fully saturated rings. The maximum atomic E-state index is 12.9. The Morgan fingerprint density at radius 1 is 1.04 bits per heavy atom. The Balaban J connectivity index is 1.67. The maximum absolute atomic E-state index is 12.9. The lowest BCUT2D eigenvalue weighted by molar-refractivity contribution is -0.383. The Labute approximate surface area is 154 Å². The Morgan fingerprint density at radius 3 is 2.48 bits per heavy atom. The van der Waals surface area contributed by atoms with Gasteiger partial charge in [0, 0.05) is 11.5 Å². The van der Waals surface area contributed by atoms with Crippen LogP contribution in [0.3, 0.4) is 0 Å². The lowest BCUT2D eigenvalue weighted by Gasteiger charge is -2.18. The fourth-order valence-corrected chi connectivity index (χ4v) is 4.85. The van der Waals surface area contributed by atoms with Gasteiger partial charge in [-0.3, -0.25) is 19.2 Å². The number of carbonyl (C=O) groups excluding carboxylic acids is 1. The molecule has 3 aromatic rings. The number of nitro groups is 1. The van der Waals surface area contributed by atoms with E-state index in [1.54, 1.807) is 36.4 Å². The van der Waals surface area contributed by atoms with Crippen molar-refractivity contribution in [3.8, 4) is 0 Å². The molecule has 27 heavy (non-hydrogen) atoms. The van der Waals surface area contributed by atoms with Crippen molar-refractivity contribution in [1.82, 2.24) is 0 Å². The predicted octanol–water partition coefficient (Wildman–Crippen LogP) is 2.90. The van der Waals surface area contributed by atoms with Gasteiger partial charge in [0.2, 0.25) is 5.91 Å². The molecule has 0 bridgehead atoms. The van der Waals surface area contributed by atoms with Crippen molar-refractivity contribution in [2.75, 3.05) is 16.2 Å². The Hall–Kier alpha value is -3.46. The molecule has 4 rings (SSSR count). The lowest BCUT2D eigenvalue weighted by atomic mass is 10.1. The number of benzene rings is 3. The van der Waals surface area contributed by atoms with Crippen LogP contribution in [0.5, 0.6) is 0 Å². The van der Waals surface area contributed by atoms with Gasteiger partial charge in [-0.05, 0) is 23.6 Å². The third kappa shape index (κ3) is 2.68. The number of nitrogens with zero attached hydrogens (tertiary/aromatic N) is 2. The summed E-state index contributed by atoms with van der Waals surface area (Å²) in [5.74, 6) is -0.669. The summed E-state index contributed by atoms with van der Waals surface area (Å²) in [6.45, 7) is -0.484. The van der Waals surface area contributed by atoms with Gasteiger partial charge in [-0.2, -0.15) is 0 Å². The largest absolute Gasteiger partial charge is 0.319 e. The smallest absolute Gasteiger partial charge is 0.292 e. The molecular formula is C18H13N3O5S. The number of rotatable bonds is 4. The van der Waals surface area contributed by atoms with Gasteiger partial charge in [0.05, 0.1) is 15.5 Å². The van der Waals surface area contributed by atoms with Crippen molar-refractivity contribution in [3.05, 3.63) is 70.8 Å². The summed E-state index contributed by atoms with van der Waals surface area (Å²) in [4.78, 5) is 23.1. The molecule has 0 saturated carbocycles. The molecule has 9 heteroatoms. The number of anilines is 2. The van der Waals surface area contributed by atoms with E-state index in [2.05, 4.69) is 5.32 Å². The van der Waals surface area contributed by atoms with Gasteiger partial charge in [-0.25, -0.2) is 8.42 Å². The van der Waals surface area contributed by atoms with Crippen LogP contribution in [0.2, 0.25) is 0 Å². The van der Waals surface area contributed by atoms with Gasteiger partial charge in [-0.1, -0.05) is 36.4 Å². The first kappa shape index (κ1) is 17.0. The Kier molecular flexibility index (Phi) is 3.81. The molecule has 1 heterocycles. The first-order valence-corrected chi connectivity index (χ1v) is 9.41. The van der Waals surface area contributed by atoms with Crippen LogP contribution in [0.25, 0.3) is 10.8 Å². The zero-order valence-electron chi connectivity index (χ0n) is 13.8. The number of hydrogen-bond acceptors (Lipinski definition) is 5. The van der Waals surface area contributed by atoms with E-state index in [0.717, 1.165) is 9.69 Å². The van der Waals surface area contributed by atoms with Crippen molar-refractivity contribution in [2.24, 2.45) is 0 Å². The summed E-state index contributed by atoms with van der Waals surface area (Å²) in [6, 6.07) is 15.8. The van der Waals surface area contributed by atoms with Crippen LogP contribution in [-0.2, 0) is 14.8 Å². The third-order valence-corrected chi connectivity index (χ3v) is 6.15. The first-order chi connectivity index (χ1) is 12.9. The second-order valence-electron chi connectivity index (χ2n) is 5.97. The highest BCUT2D eigenvalue weighted by atomic mass is 32.2. The highest BCUT2D eigenvalue weighted by molar-refractivity contribution is 7.93. The van der Waals surface area contributed by atoms with Gasteiger partial charge in [0.25, 0.3) is 15.7 Å². The van der Waals surface area contributed by atoms with E-state index >= 15 is 0 Å². The van der Waals surface area contributed by atoms with Crippen molar-refractivity contribution < 1.29 is 18.1 Å². The topological polar surface area (TPSA) is 110 Å². The number of nitrogens with one attached hydrogen (secondary N) is 1. The minimum Gasteiger partial charge on any atom is -0.319 e. The van der Waals surface area contributed by atoms with Gasteiger partial charge < -0.3 is 5.32 Å². The third-order valence-electron chi connectivity index (χ3n) is 4.34. The summed E-state index contributed by atoms with van der Waals surface area (Å²) >= 11 is 0. The second kappa shape index (κ2) is 6.06. The highest BCUT2D eigenvalue weighted by Gasteiger charge is 2.36. The number of amides is 1.